The predicted octanol–water partition coefficient (Wildman–Crippen LogP) is 1.54. The molecule has 0 fully saturated rings. The average molecular weight is 331 g/mol. The molecule has 126 valence electrons. The largest absolute Gasteiger partial charge is 0.416 e. The highest BCUT2D eigenvalue weighted by atomic mass is 19.4. The summed E-state index contributed by atoms with van der Waals surface area (Å²) in [4.78, 5) is 5.74. The van der Waals surface area contributed by atoms with Crippen molar-refractivity contribution < 1.29 is 27.9 Å². The standard InChI is InChI=1S/C14H16F3N3O3/c15-14(16,17)11-3-1-2-10(8-11)13-18-12(23-19-13)9-20(4-6-21)5-7-22/h1-3,8,21-22H,4-7,9H2. The zero-order valence-electron chi connectivity index (χ0n) is 12.1. The highest BCUT2D eigenvalue weighted by Gasteiger charge is 2.30. The van der Waals surface area contributed by atoms with Crippen LogP contribution in [0.4, 0.5) is 13.2 Å². The molecular formula is C14H16F3N3O3. The number of halogens is 3. The molecule has 0 unspecified atom stereocenters. The molecule has 2 N–H and O–H groups in total. The van der Waals surface area contributed by atoms with E-state index in [2.05, 4.69) is 10.1 Å². The first-order valence-electron chi connectivity index (χ1n) is 6.88. The highest BCUT2D eigenvalue weighted by Crippen LogP contribution is 2.31. The normalized spacial score (nSPS) is 12.1. The molecule has 0 aliphatic carbocycles. The molecule has 0 aliphatic rings. The van der Waals surface area contributed by atoms with Crippen molar-refractivity contribution in [2.75, 3.05) is 26.3 Å². The molecule has 6 nitrogen and oxygen atoms in total. The maximum Gasteiger partial charge on any atom is 0.416 e. The molecule has 9 heteroatoms. The van der Waals surface area contributed by atoms with Gasteiger partial charge in [-0.15, -0.1) is 0 Å². The number of rotatable bonds is 7. The predicted molar refractivity (Wildman–Crippen MR) is 74.2 cm³/mol. The molecule has 0 spiro atoms. The lowest BCUT2D eigenvalue weighted by atomic mass is 10.1. The van der Waals surface area contributed by atoms with E-state index < -0.39 is 11.7 Å². The van der Waals surface area contributed by atoms with Crippen LogP contribution in [0.5, 0.6) is 0 Å². The first-order chi connectivity index (χ1) is 10.9. The molecular weight excluding hydrogens is 315 g/mol. The summed E-state index contributed by atoms with van der Waals surface area (Å²) in [6.45, 7) is 0.597. The third-order valence-corrected chi connectivity index (χ3v) is 3.11. The SMILES string of the molecule is OCCN(CCO)Cc1nc(-c2cccc(C(F)(F)F)c2)no1. The number of benzene rings is 1. The Morgan fingerprint density at radius 2 is 1.83 bits per heavy atom. The van der Waals surface area contributed by atoms with Crippen molar-refractivity contribution in [3.8, 4) is 11.4 Å². The minimum absolute atomic E-state index is 0.0547. The van der Waals surface area contributed by atoms with Crippen molar-refractivity contribution >= 4 is 0 Å². The van der Waals surface area contributed by atoms with Gasteiger partial charge in [-0.05, 0) is 12.1 Å². The van der Waals surface area contributed by atoms with Crippen LogP contribution in [-0.2, 0) is 12.7 Å². The van der Waals surface area contributed by atoms with E-state index in [4.69, 9.17) is 14.7 Å². The van der Waals surface area contributed by atoms with E-state index in [9.17, 15) is 13.2 Å². The third kappa shape index (κ3) is 4.75. The zero-order chi connectivity index (χ0) is 16.9. The fourth-order valence-corrected chi connectivity index (χ4v) is 2.02. The Hall–Kier alpha value is -1.97. The summed E-state index contributed by atoms with van der Waals surface area (Å²) in [7, 11) is 0. The molecule has 1 aromatic carbocycles. The minimum Gasteiger partial charge on any atom is -0.395 e. The van der Waals surface area contributed by atoms with Crippen LogP contribution in [0.1, 0.15) is 11.5 Å². The number of aliphatic hydroxyl groups is 2. The van der Waals surface area contributed by atoms with Crippen molar-refractivity contribution in [1.82, 2.24) is 15.0 Å². The van der Waals surface area contributed by atoms with Gasteiger partial charge in [-0.1, -0.05) is 17.3 Å². The van der Waals surface area contributed by atoms with Gasteiger partial charge in [0, 0.05) is 18.7 Å². The summed E-state index contributed by atoms with van der Waals surface area (Å²) in [5, 5.41) is 21.5. The summed E-state index contributed by atoms with van der Waals surface area (Å²) < 4.78 is 43.2. The van der Waals surface area contributed by atoms with Crippen molar-refractivity contribution in [3.05, 3.63) is 35.7 Å². The molecule has 1 aromatic heterocycles. The molecule has 2 aromatic rings. The molecule has 0 saturated carbocycles. The van der Waals surface area contributed by atoms with Crippen LogP contribution >= 0.6 is 0 Å². The molecule has 0 radical (unpaired) electrons. The molecule has 1 heterocycles. The minimum atomic E-state index is -4.44. The van der Waals surface area contributed by atoms with Crippen LogP contribution in [0.15, 0.2) is 28.8 Å². The second kappa shape index (κ2) is 7.53. The smallest absolute Gasteiger partial charge is 0.395 e. The van der Waals surface area contributed by atoms with Crippen LogP contribution in [0.3, 0.4) is 0 Å². The van der Waals surface area contributed by atoms with E-state index in [1.165, 1.54) is 12.1 Å². The number of alkyl halides is 3. The molecule has 0 atom stereocenters. The zero-order valence-corrected chi connectivity index (χ0v) is 12.1. The van der Waals surface area contributed by atoms with E-state index in [0.717, 1.165) is 12.1 Å². The Morgan fingerprint density at radius 3 is 2.43 bits per heavy atom. The Morgan fingerprint density at radius 1 is 1.13 bits per heavy atom. The maximum atomic E-state index is 12.7. The molecule has 23 heavy (non-hydrogen) atoms. The van der Waals surface area contributed by atoms with Gasteiger partial charge in [0.25, 0.3) is 0 Å². The molecule has 0 bridgehead atoms. The maximum absolute atomic E-state index is 12.7. The molecule has 2 rings (SSSR count). The van der Waals surface area contributed by atoms with E-state index >= 15 is 0 Å². The van der Waals surface area contributed by atoms with Crippen LogP contribution in [0.25, 0.3) is 11.4 Å². The lowest BCUT2D eigenvalue weighted by Crippen LogP contribution is -2.29. The van der Waals surface area contributed by atoms with Crippen molar-refractivity contribution in [1.29, 1.82) is 0 Å². The van der Waals surface area contributed by atoms with Gasteiger partial charge < -0.3 is 14.7 Å². The summed E-state index contributed by atoms with van der Waals surface area (Å²) in [5.41, 5.74) is -0.589. The summed E-state index contributed by atoms with van der Waals surface area (Å²) in [6.07, 6.45) is -4.44. The number of hydrogen-bond acceptors (Lipinski definition) is 6. The van der Waals surface area contributed by atoms with Crippen LogP contribution in [-0.4, -0.2) is 51.6 Å². The fraction of sp³-hybridized carbons (Fsp3) is 0.429. The number of aromatic nitrogens is 2. The summed E-state index contributed by atoms with van der Waals surface area (Å²) in [6, 6.07) is 4.66. The van der Waals surface area contributed by atoms with E-state index in [1.807, 2.05) is 0 Å². The van der Waals surface area contributed by atoms with Gasteiger partial charge >= 0.3 is 6.18 Å². The van der Waals surface area contributed by atoms with Gasteiger partial charge in [-0.3, -0.25) is 4.90 Å². The van der Waals surface area contributed by atoms with E-state index in [0.29, 0.717) is 13.1 Å². The number of nitrogens with zero attached hydrogens (tertiary/aromatic N) is 3. The fourth-order valence-electron chi connectivity index (χ4n) is 2.02. The monoisotopic (exact) mass is 331 g/mol. The van der Waals surface area contributed by atoms with Crippen molar-refractivity contribution in [2.24, 2.45) is 0 Å². The summed E-state index contributed by atoms with van der Waals surface area (Å²) >= 11 is 0. The second-order valence-electron chi connectivity index (χ2n) is 4.81. The number of hydrogen-bond donors (Lipinski definition) is 2. The Bertz CT molecular complexity index is 625. The highest BCUT2D eigenvalue weighted by molar-refractivity contribution is 5.55. The number of aliphatic hydroxyl groups excluding tert-OH is 2. The molecule has 0 amide bonds. The first kappa shape index (κ1) is 17.4. The summed E-state index contributed by atoms with van der Waals surface area (Å²) in [5.74, 6) is 0.248. The van der Waals surface area contributed by atoms with Gasteiger partial charge in [0.2, 0.25) is 11.7 Å². The first-order valence-corrected chi connectivity index (χ1v) is 6.88. The Kier molecular flexibility index (Phi) is 5.69. The topological polar surface area (TPSA) is 82.6 Å². The van der Waals surface area contributed by atoms with Gasteiger partial charge in [-0.2, -0.15) is 18.2 Å². The van der Waals surface area contributed by atoms with Crippen LogP contribution in [0.2, 0.25) is 0 Å². The van der Waals surface area contributed by atoms with Gasteiger partial charge in [0.05, 0.1) is 25.3 Å². The second-order valence-corrected chi connectivity index (χ2v) is 4.81. The average Bonchev–Trinajstić information content (AvgIpc) is 2.96. The lowest BCUT2D eigenvalue weighted by Gasteiger charge is -2.17. The molecule has 0 saturated heterocycles. The van der Waals surface area contributed by atoms with Gasteiger partial charge in [0.15, 0.2) is 0 Å². The van der Waals surface area contributed by atoms with Crippen molar-refractivity contribution in [2.45, 2.75) is 12.7 Å². The van der Waals surface area contributed by atoms with E-state index in [-0.39, 0.29) is 37.0 Å². The lowest BCUT2D eigenvalue weighted by molar-refractivity contribution is -0.137. The quantitative estimate of drug-likeness (QED) is 0.801. The van der Waals surface area contributed by atoms with Gasteiger partial charge in [-0.25, -0.2) is 0 Å². The van der Waals surface area contributed by atoms with E-state index in [1.54, 1.807) is 4.90 Å². The van der Waals surface area contributed by atoms with Gasteiger partial charge in [0.1, 0.15) is 0 Å². The van der Waals surface area contributed by atoms with Crippen molar-refractivity contribution in [3.63, 3.8) is 0 Å². The third-order valence-electron chi connectivity index (χ3n) is 3.11. The molecule has 0 aliphatic heterocycles. The Labute approximate surface area is 130 Å². The van der Waals surface area contributed by atoms with Crippen LogP contribution in [0, 0.1) is 0 Å². The van der Waals surface area contributed by atoms with Crippen LogP contribution < -0.4 is 0 Å². The Balaban J connectivity index is 2.15.